The highest BCUT2D eigenvalue weighted by atomic mass is 32.2. The second-order valence-corrected chi connectivity index (χ2v) is 7.26. The van der Waals surface area contributed by atoms with Crippen LogP contribution in [0.25, 0.3) is 0 Å². The van der Waals surface area contributed by atoms with Crippen LogP contribution in [0.3, 0.4) is 0 Å². The molecule has 0 spiro atoms. The molecule has 5 N–H and O–H groups in total. The van der Waals surface area contributed by atoms with Gasteiger partial charge >= 0.3 is 0 Å². The van der Waals surface area contributed by atoms with Crippen molar-refractivity contribution in [3.05, 3.63) is 29.8 Å². The first kappa shape index (κ1) is 14.2. The minimum absolute atomic E-state index is 0.0450. The Morgan fingerprint density at radius 1 is 1.30 bits per heavy atom. The van der Waals surface area contributed by atoms with Crippen LogP contribution < -0.4 is 5.73 Å². The summed E-state index contributed by atoms with van der Waals surface area (Å²) in [5.41, 5.74) is 5.94. The number of nitrogens with two attached hydrogens (primary N) is 1. The second-order valence-electron chi connectivity index (χ2n) is 4.88. The minimum atomic E-state index is -0.779. The van der Waals surface area contributed by atoms with Gasteiger partial charge in [0.1, 0.15) is 17.4 Å². The van der Waals surface area contributed by atoms with Gasteiger partial charge in [0.25, 0.3) is 0 Å². The van der Waals surface area contributed by atoms with E-state index in [1.807, 2.05) is 12.1 Å². The number of aliphatic hydroxyl groups is 2. The van der Waals surface area contributed by atoms with Crippen LogP contribution in [0.5, 0.6) is 0 Å². The molecule has 0 aliphatic carbocycles. The number of hydrogen-bond acceptors (Lipinski definition) is 6. The van der Waals surface area contributed by atoms with Gasteiger partial charge in [-0.05, 0) is 12.1 Å². The third-order valence-electron chi connectivity index (χ3n) is 3.52. The average Bonchev–Trinajstić information content (AvgIpc) is 2.45. The molecule has 3 aliphatic heterocycles. The van der Waals surface area contributed by atoms with Gasteiger partial charge in [-0.25, -0.2) is 0 Å². The van der Waals surface area contributed by atoms with Crippen LogP contribution >= 0.6 is 23.5 Å². The summed E-state index contributed by atoms with van der Waals surface area (Å²) in [7, 11) is 0. The highest BCUT2D eigenvalue weighted by Gasteiger charge is 2.49. The molecule has 0 amide bonds. The summed E-state index contributed by atoms with van der Waals surface area (Å²) in [5, 5.41) is 27.1. The Bertz CT molecular complexity index is 509. The number of rotatable bonds is 3. The number of nitrogens with one attached hydrogen (secondary N) is 1. The van der Waals surface area contributed by atoms with E-state index in [-0.39, 0.29) is 22.6 Å². The zero-order valence-corrected chi connectivity index (χ0v) is 12.2. The van der Waals surface area contributed by atoms with Crippen molar-refractivity contribution in [3.63, 3.8) is 0 Å². The van der Waals surface area contributed by atoms with E-state index < -0.39 is 12.2 Å². The van der Waals surface area contributed by atoms with Crippen molar-refractivity contribution < 1.29 is 14.9 Å². The number of thioether (sulfide) groups is 2. The maximum absolute atomic E-state index is 10.0. The van der Waals surface area contributed by atoms with Crippen LogP contribution in [0, 0.1) is 5.41 Å². The zero-order chi connectivity index (χ0) is 14.3. The van der Waals surface area contributed by atoms with E-state index in [9.17, 15) is 10.2 Å². The summed E-state index contributed by atoms with van der Waals surface area (Å²) < 4.78 is 5.81. The van der Waals surface area contributed by atoms with E-state index in [0.29, 0.717) is 5.56 Å². The van der Waals surface area contributed by atoms with Crippen LogP contribution in [0.2, 0.25) is 0 Å². The first-order valence-electron chi connectivity index (χ1n) is 6.30. The van der Waals surface area contributed by atoms with Gasteiger partial charge in [-0.1, -0.05) is 23.9 Å². The molecule has 0 aromatic heterocycles. The minimum Gasteiger partial charge on any atom is -0.389 e. The molecule has 4 rings (SSSR count). The van der Waals surface area contributed by atoms with Gasteiger partial charge < -0.3 is 20.7 Å². The van der Waals surface area contributed by atoms with Gasteiger partial charge in [0.15, 0.2) is 0 Å². The van der Waals surface area contributed by atoms with Crippen molar-refractivity contribution in [2.75, 3.05) is 5.75 Å². The van der Waals surface area contributed by atoms with Crippen molar-refractivity contribution in [1.29, 1.82) is 5.41 Å². The van der Waals surface area contributed by atoms with E-state index >= 15 is 0 Å². The molecule has 0 unspecified atom stereocenters. The molecule has 3 fully saturated rings. The summed E-state index contributed by atoms with van der Waals surface area (Å²) in [6.45, 7) is 0. The molecule has 108 valence electrons. The maximum atomic E-state index is 10.0. The monoisotopic (exact) mass is 312 g/mol. The van der Waals surface area contributed by atoms with Crippen LogP contribution in [0.15, 0.2) is 29.2 Å². The van der Waals surface area contributed by atoms with Crippen molar-refractivity contribution in [1.82, 2.24) is 0 Å². The standard InChI is InChI=1S/C13H16N2O3S2/c14-12(15)6-1-3-7(4-2-6)20-13-11-10(17)9(16)8(18-13)5-19-11/h1-4,8-11,13,16-17H,5H2,(H3,14,15)/t8-,9-,10+,11+,13+/m1/s1. The lowest BCUT2D eigenvalue weighted by atomic mass is 10.0. The fourth-order valence-electron chi connectivity index (χ4n) is 2.37. The van der Waals surface area contributed by atoms with Gasteiger partial charge in [-0.15, -0.1) is 11.8 Å². The Morgan fingerprint density at radius 3 is 2.60 bits per heavy atom. The average molecular weight is 312 g/mol. The number of nitrogen functional groups attached to an aromatic ring is 1. The van der Waals surface area contributed by atoms with E-state index in [0.717, 1.165) is 10.6 Å². The number of hydrogen-bond donors (Lipinski definition) is 4. The van der Waals surface area contributed by atoms with Crippen molar-refractivity contribution >= 4 is 29.4 Å². The quantitative estimate of drug-likeness (QED) is 0.482. The van der Waals surface area contributed by atoms with E-state index in [1.54, 1.807) is 23.9 Å². The molecule has 5 atom stereocenters. The molecule has 1 aromatic carbocycles. The number of fused-ring (bicyclic) bond motifs is 3. The van der Waals surface area contributed by atoms with E-state index in [4.69, 9.17) is 15.9 Å². The molecule has 0 radical (unpaired) electrons. The molecular formula is C13H16N2O3S2. The lowest BCUT2D eigenvalue weighted by Gasteiger charge is -2.47. The molecule has 3 aliphatic rings. The Balaban J connectivity index is 1.71. The SMILES string of the molecule is N=C(N)c1ccc(S[C@@H]2O[C@@H]3CS[C@H]2[C@@H](O)[C@@H]3O)cc1. The van der Waals surface area contributed by atoms with Crippen LogP contribution in [-0.2, 0) is 4.74 Å². The smallest absolute Gasteiger partial charge is 0.122 e. The summed E-state index contributed by atoms with van der Waals surface area (Å²) in [6.07, 6.45) is -1.81. The third kappa shape index (κ3) is 2.56. The van der Waals surface area contributed by atoms with E-state index in [2.05, 4.69) is 0 Å². The molecule has 0 saturated carbocycles. The molecule has 5 nitrogen and oxygen atoms in total. The third-order valence-corrected chi connectivity index (χ3v) is 6.30. The van der Waals surface area contributed by atoms with Crippen LogP contribution in [-0.4, -0.2) is 50.8 Å². The molecule has 7 heteroatoms. The number of benzene rings is 1. The molecule has 3 saturated heterocycles. The summed E-state index contributed by atoms with van der Waals surface area (Å²) in [6, 6.07) is 7.37. The fraction of sp³-hybridized carbons (Fsp3) is 0.462. The van der Waals surface area contributed by atoms with Gasteiger partial charge in [0.05, 0.1) is 17.5 Å². The highest BCUT2D eigenvalue weighted by Crippen LogP contribution is 2.44. The Hall–Kier alpha value is -0.730. The molecule has 3 heterocycles. The summed E-state index contributed by atoms with van der Waals surface area (Å²) in [5.74, 6) is 0.770. The number of amidine groups is 1. The number of ether oxygens (including phenoxy) is 1. The van der Waals surface area contributed by atoms with Gasteiger partial charge in [-0.3, -0.25) is 5.41 Å². The van der Waals surface area contributed by atoms with Gasteiger partial charge in [-0.2, -0.15) is 0 Å². The predicted molar refractivity (Wildman–Crippen MR) is 80.2 cm³/mol. The van der Waals surface area contributed by atoms with Gasteiger partial charge in [0, 0.05) is 16.2 Å². The number of aliphatic hydroxyl groups excluding tert-OH is 2. The second kappa shape index (κ2) is 5.57. The Kier molecular flexibility index (Phi) is 3.96. The predicted octanol–water partition coefficient (Wildman–Crippen LogP) is 0.625. The first-order valence-corrected chi connectivity index (χ1v) is 8.23. The summed E-state index contributed by atoms with van der Waals surface area (Å²) in [4.78, 5) is 0.995. The molecular weight excluding hydrogens is 296 g/mol. The van der Waals surface area contributed by atoms with Crippen LogP contribution in [0.4, 0.5) is 0 Å². The van der Waals surface area contributed by atoms with Crippen molar-refractivity contribution in [2.45, 2.75) is 33.9 Å². The van der Waals surface area contributed by atoms with E-state index in [1.165, 1.54) is 11.8 Å². The van der Waals surface area contributed by atoms with Crippen molar-refractivity contribution in [3.8, 4) is 0 Å². The highest BCUT2D eigenvalue weighted by molar-refractivity contribution is 8.03. The molecule has 1 aromatic rings. The topological polar surface area (TPSA) is 99.6 Å². The normalized spacial score (nSPS) is 36.0. The molecule has 2 bridgehead atoms. The Morgan fingerprint density at radius 2 is 2.00 bits per heavy atom. The van der Waals surface area contributed by atoms with Crippen molar-refractivity contribution in [2.24, 2.45) is 5.73 Å². The molecule has 20 heavy (non-hydrogen) atoms. The maximum Gasteiger partial charge on any atom is 0.122 e. The van der Waals surface area contributed by atoms with Crippen LogP contribution in [0.1, 0.15) is 5.56 Å². The zero-order valence-electron chi connectivity index (χ0n) is 10.6. The largest absolute Gasteiger partial charge is 0.389 e. The first-order chi connectivity index (χ1) is 9.56. The summed E-state index contributed by atoms with van der Waals surface area (Å²) >= 11 is 3.18. The lowest BCUT2D eigenvalue weighted by Crippen LogP contribution is -2.60. The fourth-order valence-corrected chi connectivity index (χ4v) is 5.09. The lowest BCUT2D eigenvalue weighted by molar-refractivity contribution is -0.138. The van der Waals surface area contributed by atoms with Gasteiger partial charge in [0.2, 0.25) is 0 Å². The Labute approximate surface area is 125 Å².